The van der Waals surface area contributed by atoms with Gasteiger partial charge in [0.05, 0.1) is 5.69 Å². The highest BCUT2D eigenvalue weighted by Gasteiger charge is 2.01. The van der Waals surface area contributed by atoms with E-state index in [1.54, 1.807) is 0 Å². The molecule has 0 saturated heterocycles. The summed E-state index contributed by atoms with van der Waals surface area (Å²) in [6.07, 6.45) is 0. The summed E-state index contributed by atoms with van der Waals surface area (Å²) in [5.74, 6) is 6.56. The second kappa shape index (κ2) is 5.35. The van der Waals surface area contributed by atoms with Gasteiger partial charge >= 0.3 is 0 Å². The van der Waals surface area contributed by atoms with Crippen LogP contribution in [0.25, 0.3) is 0 Å². The van der Waals surface area contributed by atoms with Crippen LogP contribution < -0.4 is 16.6 Å². The molecule has 0 aliphatic heterocycles. The minimum atomic E-state index is 0.274. The second-order valence-corrected chi connectivity index (χ2v) is 3.54. The summed E-state index contributed by atoms with van der Waals surface area (Å²) >= 11 is 0. The Morgan fingerprint density at radius 3 is 2.87 bits per heavy atom. The molecule has 0 radical (unpaired) electrons. The zero-order chi connectivity index (χ0) is 11.3. The van der Waals surface area contributed by atoms with Crippen molar-refractivity contribution in [2.75, 3.05) is 0 Å². The van der Waals surface area contributed by atoms with Gasteiger partial charge in [0.25, 0.3) is 0 Å². The van der Waals surface area contributed by atoms with Gasteiger partial charge in [-0.05, 0) is 20.8 Å². The molecule has 1 heterocycles. The third-order valence-corrected chi connectivity index (χ3v) is 1.63. The molecule has 6 nitrogen and oxygen atoms in total. The van der Waals surface area contributed by atoms with Crippen LogP contribution in [0.5, 0.6) is 0 Å². The van der Waals surface area contributed by atoms with E-state index in [1.165, 1.54) is 0 Å². The van der Waals surface area contributed by atoms with Gasteiger partial charge in [0.1, 0.15) is 6.54 Å². The van der Waals surface area contributed by atoms with Gasteiger partial charge in [-0.2, -0.15) is 0 Å². The van der Waals surface area contributed by atoms with Gasteiger partial charge in [-0.25, -0.2) is 10.8 Å². The number of aryl methyl sites for hydroxylation is 1. The Bertz CT molecular complexity index is 331. The topological polar surface area (TPSA) is 88.5 Å². The number of nitrogens with two attached hydrogens (primary N) is 1. The third-order valence-electron chi connectivity index (χ3n) is 1.63. The Morgan fingerprint density at radius 2 is 2.40 bits per heavy atom. The fraction of sp³-hybridized carbons (Fsp3) is 0.556. The van der Waals surface area contributed by atoms with Gasteiger partial charge in [0.2, 0.25) is 5.96 Å². The van der Waals surface area contributed by atoms with E-state index in [2.05, 4.69) is 20.9 Å². The number of nitrogens with zero attached hydrogens (tertiary/aromatic N) is 2. The molecule has 0 aliphatic rings. The van der Waals surface area contributed by atoms with Gasteiger partial charge in [0.15, 0.2) is 5.76 Å². The van der Waals surface area contributed by atoms with E-state index in [9.17, 15) is 0 Å². The van der Waals surface area contributed by atoms with E-state index in [0.29, 0.717) is 18.3 Å². The molecule has 0 amide bonds. The normalized spacial score (nSPS) is 11.9. The van der Waals surface area contributed by atoms with Crippen molar-refractivity contribution in [2.24, 2.45) is 10.8 Å². The van der Waals surface area contributed by atoms with Gasteiger partial charge in [0, 0.05) is 12.1 Å². The van der Waals surface area contributed by atoms with E-state index in [-0.39, 0.29) is 6.04 Å². The van der Waals surface area contributed by atoms with Crippen LogP contribution in [-0.4, -0.2) is 17.2 Å². The molecular weight excluding hydrogens is 194 g/mol. The third kappa shape index (κ3) is 3.99. The highest BCUT2D eigenvalue weighted by Crippen LogP contribution is 2.02. The minimum absolute atomic E-state index is 0.274. The standard InChI is InChI=1S/C9H17N5O/c1-6(2)12-9(13-10)11-5-8-4-7(3)14-15-8/h4,6H,5,10H2,1-3H3,(H2,11,12,13). The van der Waals surface area contributed by atoms with Gasteiger partial charge < -0.3 is 9.84 Å². The molecule has 0 spiro atoms. The molecule has 0 aliphatic carbocycles. The first-order valence-electron chi connectivity index (χ1n) is 4.81. The summed E-state index contributed by atoms with van der Waals surface area (Å²) in [5, 5.41) is 6.82. The number of hydrazine groups is 1. The average molecular weight is 211 g/mol. The summed E-state index contributed by atoms with van der Waals surface area (Å²) in [5.41, 5.74) is 3.33. The molecule has 4 N–H and O–H groups in total. The molecule has 15 heavy (non-hydrogen) atoms. The minimum Gasteiger partial charge on any atom is -0.359 e. The predicted octanol–water partition coefficient (Wildman–Crippen LogP) is 0.300. The maximum atomic E-state index is 5.30. The van der Waals surface area contributed by atoms with Crippen molar-refractivity contribution in [3.8, 4) is 0 Å². The largest absolute Gasteiger partial charge is 0.359 e. The maximum Gasteiger partial charge on any atom is 0.206 e. The Balaban J connectivity index is 2.54. The molecule has 0 aromatic carbocycles. The quantitative estimate of drug-likeness (QED) is 0.289. The van der Waals surface area contributed by atoms with Gasteiger partial charge in [-0.1, -0.05) is 5.16 Å². The van der Waals surface area contributed by atoms with E-state index < -0.39 is 0 Å². The number of guanidine groups is 1. The molecule has 6 heteroatoms. The lowest BCUT2D eigenvalue weighted by atomic mass is 10.4. The van der Waals surface area contributed by atoms with Crippen molar-refractivity contribution in [3.05, 3.63) is 17.5 Å². The molecule has 1 aromatic heterocycles. The number of hydrogen-bond acceptors (Lipinski definition) is 4. The second-order valence-electron chi connectivity index (χ2n) is 3.54. The van der Waals surface area contributed by atoms with Crippen LogP contribution >= 0.6 is 0 Å². The SMILES string of the molecule is Cc1cc(CN=C(NN)NC(C)C)on1. The summed E-state index contributed by atoms with van der Waals surface area (Å²) in [7, 11) is 0. The lowest BCUT2D eigenvalue weighted by Crippen LogP contribution is -2.44. The molecule has 0 bridgehead atoms. The molecule has 1 aromatic rings. The van der Waals surface area contributed by atoms with Crippen molar-refractivity contribution in [1.29, 1.82) is 0 Å². The Morgan fingerprint density at radius 1 is 1.67 bits per heavy atom. The highest BCUT2D eigenvalue weighted by molar-refractivity contribution is 5.79. The molecule has 0 fully saturated rings. The van der Waals surface area contributed by atoms with Crippen molar-refractivity contribution in [1.82, 2.24) is 15.9 Å². The molecule has 0 saturated carbocycles. The summed E-state index contributed by atoms with van der Waals surface area (Å²) < 4.78 is 5.01. The number of nitrogens with one attached hydrogen (secondary N) is 2. The first kappa shape index (κ1) is 11.5. The van der Waals surface area contributed by atoms with Crippen LogP contribution in [-0.2, 0) is 6.54 Å². The first-order chi connectivity index (χ1) is 7.11. The fourth-order valence-corrected chi connectivity index (χ4v) is 1.05. The molecule has 84 valence electrons. The first-order valence-corrected chi connectivity index (χ1v) is 4.81. The zero-order valence-electron chi connectivity index (χ0n) is 9.24. The highest BCUT2D eigenvalue weighted by atomic mass is 16.5. The van der Waals surface area contributed by atoms with Crippen LogP contribution in [0.15, 0.2) is 15.6 Å². The van der Waals surface area contributed by atoms with Crippen molar-refractivity contribution < 1.29 is 4.52 Å². The average Bonchev–Trinajstić information content (AvgIpc) is 2.58. The van der Waals surface area contributed by atoms with Crippen LogP contribution in [0.2, 0.25) is 0 Å². The smallest absolute Gasteiger partial charge is 0.206 e. The number of aromatic nitrogens is 1. The summed E-state index contributed by atoms with van der Waals surface area (Å²) in [6.45, 7) is 6.29. The van der Waals surface area contributed by atoms with Gasteiger partial charge in [-0.3, -0.25) is 5.43 Å². The van der Waals surface area contributed by atoms with Crippen LogP contribution in [0.3, 0.4) is 0 Å². The fourth-order valence-electron chi connectivity index (χ4n) is 1.05. The van der Waals surface area contributed by atoms with Crippen LogP contribution in [0, 0.1) is 6.92 Å². The molecular formula is C9H17N5O. The van der Waals surface area contributed by atoms with E-state index >= 15 is 0 Å². The zero-order valence-corrected chi connectivity index (χ0v) is 9.24. The molecule has 0 atom stereocenters. The Hall–Kier alpha value is -1.56. The van der Waals surface area contributed by atoms with Crippen molar-refractivity contribution in [2.45, 2.75) is 33.4 Å². The monoisotopic (exact) mass is 211 g/mol. The van der Waals surface area contributed by atoms with E-state index in [4.69, 9.17) is 10.4 Å². The van der Waals surface area contributed by atoms with Crippen LogP contribution in [0.1, 0.15) is 25.3 Å². The molecule has 1 rings (SSSR count). The summed E-state index contributed by atoms with van der Waals surface area (Å²) in [4.78, 5) is 4.20. The van der Waals surface area contributed by atoms with Gasteiger partial charge in [-0.15, -0.1) is 0 Å². The molecule has 0 unspecified atom stereocenters. The lowest BCUT2D eigenvalue weighted by Gasteiger charge is -2.11. The van der Waals surface area contributed by atoms with Crippen LogP contribution in [0.4, 0.5) is 0 Å². The lowest BCUT2D eigenvalue weighted by molar-refractivity contribution is 0.381. The van der Waals surface area contributed by atoms with Crippen molar-refractivity contribution >= 4 is 5.96 Å². The summed E-state index contributed by atoms with van der Waals surface area (Å²) in [6, 6.07) is 2.11. The Kier molecular flexibility index (Phi) is 4.11. The number of rotatable bonds is 3. The van der Waals surface area contributed by atoms with E-state index in [0.717, 1.165) is 5.69 Å². The predicted molar refractivity (Wildman–Crippen MR) is 58.0 cm³/mol. The van der Waals surface area contributed by atoms with Crippen molar-refractivity contribution in [3.63, 3.8) is 0 Å². The maximum absolute atomic E-state index is 5.30. The number of hydrogen-bond donors (Lipinski definition) is 3. The Labute approximate surface area is 88.9 Å². The number of aliphatic imine (C=N–C) groups is 1. The van der Waals surface area contributed by atoms with E-state index in [1.807, 2.05) is 26.8 Å².